The number of carbonyl (C=O) groups excluding carboxylic acids is 1. The third kappa shape index (κ3) is 6.37. The van der Waals surface area contributed by atoms with Crippen molar-refractivity contribution in [2.75, 3.05) is 7.11 Å². The van der Waals surface area contributed by atoms with E-state index in [1.54, 1.807) is 48.5 Å². The van der Waals surface area contributed by atoms with Crippen LogP contribution in [0.4, 0.5) is 0 Å². The van der Waals surface area contributed by atoms with Gasteiger partial charge in [-0.2, -0.15) is 5.10 Å². The van der Waals surface area contributed by atoms with E-state index >= 15 is 0 Å². The number of hydrogen-bond acceptors (Lipinski definition) is 4. The fourth-order valence-corrected chi connectivity index (χ4v) is 3.48. The number of carbonyl (C=O) groups is 1. The van der Waals surface area contributed by atoms with Crippen molar-refractivity contribution in [2.45, 2.75) is 6.61 Å². The molecule has 5 nitrogen and oxygen atoms in total. The average molecular weight is 543 g/mol. The predicted octanol–water partition coefficient (Wildman–Crippen LogP) is 6.76. The summed E-state index contributed by atoms with van der Waals surface area (Å²) in [5, 5.41) is 5.46. The molecule has 0 unspecified atom stereocenters. The SMILES string of the molecule is COc1ccc(Br)cc1C(=O)N/N=C\c1cc(Cl)ccc1OCc1ccc(Cl)c(Cl)c1. The largest absolute Gasteiger partial charge is 0.496 e. The van der Waals surface area contributed by atoms with Crippen molar-refractivity contribution in [1.82, 2.24) is 5.43 Å². The number of halogens is 4. The first-order valence-corrected chi connectivity index (χ1v) is 10.8. The maximum Gasteiger partial charge on any atom is 0.275 e. The molecule has 0 heterocycles. The number of methoxy groups -OCH3 is 1. The van der Waals surface area contributed by atoms with E-state index in [1.807, 2.05) is 6.07 Å². The number of ether oxygens (including phenoxy) is 2. The van der Waals surface area contributed by atoms with Crippen molar-refractivity contribution in [2.24, 2.45) is 5.10 Å². The highest BCUT2D eigenvalue weighted by molar-refractivity contribution is 9.10. The van der Waals surface area contributed by atoms with Gasteiger partial charge in [-0.1, -0.05) is 56.8 Å². The Bertz CT molecular complexity index is 1140. The van der Waals surface area contributed by atoms with Crippen molar-refractivity contribution in [3.05, 3.63) is 90.8 Å². The average Bonchev–Trinajstić information content (AvgIpc) is 2.75. The first-order valence-electron chi connectivity index (χ1n) is 8.90. The summed E-state index contributed by atoms with van der Waals surface area (Å²) in [7, 11) is 1.49. The van der Waals surface area contributed by atoms with E-state index in [2.05, 4.69) is 26.5 Å². The summed E-state index contributed by atoms with van der Waals surface area (Å²) < 4.78 is 11.8. The number of hydrogen-bond donors (Lipinski definition) is 1. The van der Waals surface area contributed by atoms with E-state index in [1.165, 1.54) is 13.3 Å². The quantitative estimate of drug-likeness (QED) is 0.265. The Labute approximate surface area is 203 Å². The van der Waals surface area contributed by atoms with Crippen molar-refractivity contribution in [3.8, 4) is 11.5 Å². The Balaban J connectivity index is 1.73. The van der Waals surface area contributed by atoms with Crippen LogP contribution in [0.3, 0.4) is 0 Å². The number of amides is 1. The number of hydrazone groups is 1. The third-order valence-electron chi connectivity index (χ3n) is 4.13. The van der Waals surface area contributed by atoms with E-state index in [9.17, 15) is 4.79 Å². The van der Waals surface area contributed by atoms with E-state index in [4.69, 9.17) is 44.3 Å². The molecule has 0 aliphatic heterocycles. The van der Waals surface area contributed by atoms with E-state index in [0.717, 1.165) is 10.0 Å². The monoisotopic (exact) mass is 540 g/mol. The van der Waals surface area contributed by atoms with Crippen LogP contribution in [0, 0.1) is 0 Å². The Morgan fingerprint density at radius 2 is 1.81 bits per heavy atom. The molecule has 0 aliphatic rings. The first kappa shape index (κ1) is 23.4. The lowest BCUT2D eigenvalue weighted by molar-refractivity contribution is 0.0952. The van der Waals surface area contributed by atoms with Gasteiger partial charge in [0.25, 0.3) is 5.91 Å². The second-order valence-electron chi connectivity index (χ2n) is 6.26. The molecular weight excluding hydrogens is 527 g/mol. The number of rotatable bonds is 7. The number of nitrogens with zero attached hydrogens (tertiary/aromatic N) is 1. The predicted molar refractivity (Wildman–Crippen MR) is 128 cm³/mol. The molecule has 3 aromatic rings. The second-order valence-corrected chi connectivity index (χ2v) is 8.43. The lowest BCUT2D eigenvalue weighted by atomic mass is 10.2. The van der Waals surface area contributed by atoms with Crippen molar-refractivity contribution in [1.29, 1.82) is 0 Å². The summed E-state index contributed by atoms with van der Waals surface area (Å²) in [4.78, 5) is 12.5. The highest BCUT2D eigenvalue weighted by atomic mass is 79.9. The standard InChI is InChI=1S/C22H16BrCl3N2O3/c1-30-21-6-3-15(23)10-17(21)22(29)28-27-11-14-9-16(24)4-7-20(14)31-12-13-2-5-18(25)19(26)8-13/h2-11H,12H2,1H3,(H,28,29)/b27-11-. The molecule has 160 valence electrons. The molecule has 0 bridgehead atoms. The van der Waals surface area contributed by atoms with Gasteiger partial charge in [-0.25, -0.2) is 5.43 Å². The first-order chi connectivity index (χ1) is 14.9. The Morgan fingerprint density at radius 3 is 2.55 bits per heavy atom. The Kier molecular flexibility index (Phi) is 8.21. The van der Waals surface area contributed by atoms with Gasteiger partial charge in [0, 0.05) is 15.1 Å². The van der Waals surface area contributed by atoms with Crippen molar-refractivity contribution < 1.29 is 14.3 Å². The maximum absolute atomic E-state index is 12.5. The lowest BCUT2D eigenvalue weighted by Crippen LogP contribution is -2.18. The molecule has 1 N–H and O–H groups in total. The van der Waals surface area contributed by atoms with Crippen LogP contribution < -0.4 is 14.9 Å². The van der Waals surface area contributed by atoms with Gasteiger partial charge in [0.2, 0.25) is 0 Å². The fourth-order valence-electron chi connectivity index (χ4n) is 2.62. The molecule has 0 saturated heterocycles. The molecule has 0 radical (unpaired) electrons. The minimum atomic E-state index is -0.422. The smallest absolute Gasteiger partial charge is 0.275 e. The summed E-state index contributed by atoms with van der Waals surface area (Å²) in [5.74, 6) is 0.549. The van der Waals surface area contributed by atoms with Gasteiger partial charge in [-0.05, 0) is 54.1 Å². The molecule has 1 amide bonds. The van der Waals surface area contributed by atoms with Gasteiger partial charge in [-0.15, -0.1) is 0 Å². The summed E-state index contributed by atoms with van der Waals surface area (Å²) in [6, 6.07) is 15.5. The summed E-state index contributed by atoms with van der Waals surface area (Å²) in [5.41, 5.74) is 4.27. The van der Waals surface area contributed by atoms with Gasteiger partial charge in [0.1, 0.15) is 18.1 Å². The van der Waals surface area contributed by atoms with Gasteiger partial charge in [0.05, 0.1) is 28.9 Å². The van der Waals surface area contributed by atoms with Crippen molar-refractivity contribution >= 4 is 62.9 Å². The topological polar surface area (TPSA) is 59.9 Å². The zero-order valence-electron chi connectivity index (χ0n) is 16.2. The second kappa shape index (κ2) is 10.9. The molecule has 0 fully saturated rings. The molecule has 31 heavy (non-hydrogen) atoms. The molecular formula is C22H16BrCl3N2O3. The molecule has 9 heteroatoms. The van der Waals surface area contributed by atoms with Gasteiger partial charge in [-0.3, -0.25) is 4.79 Å². The maximum atomic E-state index is 12.5. The fraction of sp³-hybridized carbons (Fsp3) is 0.0909. The summed E-state index contributed by atoms with van der Waals surface area (Å²) in [6.45, 7) is 0.265. The van der Waals surface area contributed by atoms with Crippen LogP contribution in [0.2, 0.25) is 15.1 Å². The molecule has 0 atom stereocenters. The van der Waals surface area contributed by atoms with Gasteiger partial charge in [0.15, 0.2) is 0 Å². The van der Waals surface area contributed by atoms with Crippen LogP contribution in [-0.4, -0.2) is 19.2 Å². The zero-order chi connectivity index (χ0) is 22.4. The van der Waals surface area contributed by atoms with E-state index in [0.29, 0.717) is 37.7 Å². The minimum absolute atomic E-state index is 0.265. The van der Waals surface area contributed by atoms with Crippen molar-refractivity contribution in [3.63, 3.8) is 0 Å². The van der Waals surface area contributed by atoms with E-state index in [-0.39, 0.29) is 6.61 Å². The Hall–Kier alpha value is -2.25. The minimum Gasteiger partial charge on any atom is -0.496 e. The van der Waals surface area contributed by atoms with Crippen LogP contribution in [0.25, 0.3) is 0 Å². The molecule has 3 rings (SSSR count). The molecule has 0 saturated carbocycles. The van der Waals surface area contributed by atoms with Crippen LogP contribution in [0.15, 0.2) is 64.2 Å². The van der Waals surface area contributed by atoms with Crippen LogP contribution in [-0.2, 0) is 6.61 Å². The third-order valence-corrected chi connectivity index (χ3v) is 5.59. The zero-order valence-corrected chi connectivity index (χ0v) is 20.0. The van der Waals surface area contributed by atoms with Crippen LogP contribution >= 0.6 is 50.7 Å². The Morgan fingerprint density at radius 1 is 1.03 bits per heavy atom. The summed E-state index contributed by atoms with van der Waals surface area (Å²) >= 11 is 21.4. The number of benzene rings is 3. The molecule has 0 aromatic heterocycles. The number of nitrogens with one attached hydrogen (secondary N) is 1. The van der Waals surface area contributed by atoms with Gasteiger partial charge < -0.3 is 9.47 Å². The lowest BCUT2D eigenvalue weighted by Gasteiger charge is -2.10. The van der Waals surface area contributed by atoms with Crippen LogP contribution in [0.5, 0.6) is 11.5 Å². The normalized spacial score (nSPS) is 10.9. The van der Waals surface area contributed by atoms with E-state index < -0.39 is 5.91 Å². The molecule has 0 spiro atoms. The highest BCUT2D eigenvalue weighted by Gasteiger charge is 2.12. The molecule has 3 aromatic carbocycles. The summed E-state index contributed by atoms with van der Waals surface area (Å²) in [6.07, 6.45) is 1.46. The molecule has 0 aliphatic carbocycles. The van der Waals surface area contributed by atoms with Crippen LogP contribution in [0.1, 0.15) is 21.5 Å². The van der Waals surface area contributed by atoms with Gasteiger partial charge >= 0.3 is 0 Å². The highest BCUT2D eigenvalue weighted by Crippen LogP contribution is 2.26.